The Hall–Kier alpha value is -3.94. The normalized spacial score (nSPS) is 11.0. The summed E-state index contributed by atoms with van der Waals surface area (Å²) in [5.41, 5.74) is 3.67. The van der Waals surface area contributed by atoms with Gasteiger partial charge >= 0.3 is 0 Å². The summed E-state index contributed by atoms with van der Waals surface area (Å²) < 4.78 is 8.62. The predicted octanol–water partition coefficient (Wildman–Crippen LogP) is 3.69. The highest BCUT2D eigenvalue weighted by molar-refractivity contribution is 5.83. The molecule has 0 bridgehead atoms. The minimum atomic E-state index is -0.242. The van der Waals surface area contributed by atoms with Crippen LogP contribution in [0.4, 0.5) is 0 Å². The number of para-hydroxylation sites is 1. The van der Waals surface area contributed by atoms with Crippen molar-refractivity contribution in [2.45, 2.75) is 46.7 Å². The quantitative estimate of drug-likeness (QED) is 0.412. The second-order valence-electron chi connectivity index (χ2n) is 8.13. The Morgan fingerprint density at radius 1 is 1.03 bits per heavy atom. The van der Waals surface area contributed by atoms with Crippen molar-refractivity contribution in [2.24, 2.45) is 0 Å². The molecule has 0 atom stereocenters. The Morgan fingerprint density at radius 2 is 1.76 bits per heavy atom. The minimum absolute atomic E-state index is 0.0658. The van der Waals surface area contributed by atoms with Crippen molar-refractivity contribution in [3.8, 4) is 11.4 Å². The fourth-order valence-corrected chi connectivity index (χ4v) is 4.00. The fourth-order valence-electron chi connectivity index (χ4n) is 4.00. The van der Waals surface area contributed by atoms with E-state index in [1.54, 1.807) is 4.68 Å². The second-order valence-corrected chi connectivity index (χ2v) is 8.13. The molecule has 34 heavy (non-hydrogen) atoms. The van der Waals surface area contributed by atoms with Crippen LogP contribution in [0.1, 0.15) is 36.7 Å². The number of hydrogen-bond donors (Lipinski definition) is 1. The van der Waals surface area contributed by atoms with Gasteiger partial charge in [0.1, 0.15) is 5.75 Å². The van der Waals surface area contributed by atoms with E-state index in [9.17, 15) is 9.59 Å². The van der Waals surface area contributed by atoms with Gasteiger partial charge in [0.05, 0.1) is 29.1 Å². The van der Waals surface area contributed by atoms with Gasteiger partial charge in [0.15, 0.2) is 5.52 Å². The van der Waals surface area contributed by atoms with E-state index in [0.29, 0.717) is 38.1 Å². The van der Waals surface area contributed by atoms with Crippen molar-refractivity contribution in [3.63, 3.8) is 0 Å². The number of aryl methyl sites for hydroxylation is 3. The molecular weight excluding hydrogens is 430 g/mol. The number of nitrogens with zero attached hydrogens (tertiary/aromatic N) is 4. The van der Waals surface area contributed by atoms with Crippen molar-refractivity contribution in [3.05, 3.63) is 81.9 Å². The van der Waals surface area contributed by atoms with E-state index in [1.165, 1.54) is 4.68 Å². The van der Waals surface area contributed by atoms with Gasteiger partial charge < -0.3 is 10.1 Å². The zero-order valence-corrected chi connectivity index (χ0v) is 19.7. The third kappa shape index (κ3) is 5.01. The van der Waals surface area contributed by atoms with Crippen LogP contribution in [0.15, 0.2) is 59.4 Å². The fraction of sp³-hybridized carbons (Fsp3) is 0.308. The zero-order chi connectivity index (χ0) is 24.1. The first-order valence-electron chi connectivity index (χ1n) is 11.5. The van der Waals surface area contributed by atoms with Crippen molar-refractivity contribution >= 4 is 16.8 Å². The highest BCUT2D eigenvalue weighted by atomic mass is 16.5. The third-order valence-corrected chi connectivity index (χ3v) is 5.68. The van der Waals surface area contributed by atoms with Crippen LogP contribution in [-0.4, -0.2) is 32.1 Å². The van der Waals surface area contributed by atoms with E-state index < -0.39 is 0 Å². The summed E-state index contributed by atoms with van der Waals surface area (Å²) >= 11 is 0. The molecule has 0 fully saturated rings. The van der Waals surface area contributed by atoms with E-state index in [-0.39, 0.29) is 11.5 Å². The lowest BCUT2D eigenvalue weighted by Crippen LogP contribution is -2.26. The second kappa shape index (κ2) is 10.3. The molecule has 2 aromatic heterocycles. The summed E-state index contributed by atoms with van der Waals surface area (Å²) in [6.45, 7) is 7.18. The topological polar surface area (TPSA) is 91.0 Å². The molecule has 0 aliphatic carbocycles. The summed E-state index contributed by atoms with van der Waals surface area (Å²) in [6, 6.07) is 17.4. The van der Waals surface area contributed by atoms with Crippen molar-refractivity contribution < 1.29 is 9.53 Å². The molecule has 0 spiro atoms. The molecule has 4 rings (SSSR count). The van der Waals surface area contributed by atoms with Crippen LogP contribution >= 0.6 is 0 Å². The molecular formula is C26H29N5O3. The zero-order valence-electron chi connectivity index (χ0n) is 19.7. The average Bonchev–Trinajstić information content (AvgIpc) is 3.20. The Bertz CT molecular complexity index is 1340. The molecule has 1 amide bonds. The standard InChI is InChI=1S/C26H29N5O3/c1-4-34-22-14-12-20(13-15-22)17-27-23(32)11-8-16-30-26(33)25-24(18(2)28-30)19(3)31(29-25)21-9-6-5-7-10-21/h5-7,9-10,12-15H,4,8,11,16-17H2,1-3H3,(H,27,32). The van der Waals surface area contributed by atoms with Gasteiger partial charge in [0.25, 0.3) is 5.56 Å². The summed E-state index contributed by atoms with van der Waals surface area (Å²) in [6.07, 6.45) is 0.811. The molecule has 2 heterocycles. The number of rotatable bonds is 9. The number of ether oxygens (including phenoxy) is 1. The molecule has 176 valence electrons. The minimum Gasteiger partial charge on any atom is -0.494 e. The highest BCUT2D eigenvalue weighted by Gasteiger charge is 2.17. The summed E-state index contributed by atoms with van der Waals surface area (Å²) in [5.74, 6) is 0.746. The number of fused-ring (bicyclic) bond motifs is 1. The molecule has 2 aromatic carbocycles. The average molecular weight is 460 g/mol. The van der Waals surface area contributed by atoms with E-state index in [1.807, 2.05) is 75.4 Å². The first-order chi connectivity index (χ1) is 16.5. The maximum absolute atomic E-state index is 13.1. The molecule has 8 heteroatoms. The Labute approximate surface area is 198 Å². The van der Waals surface area contributed by atoms with Crippen LogP contribution in [0.25, 0.3) is 16.6 Å². The summed E-state index contributed by atoms with van der Waals surface area (Å²) in [4.78, 5) is 25.3. The lowest BCUT2D eigenvalue weighted by Gasteiger charge is -2.08. The first-order valence-corrected chi connectivity index (χ1v) is 11.5. The van der Waals surface area contributed by atoms with Crippen LogP contribution in [0.2, 0.25) is 0 Å². The number of nitrogens with one attached hydrogen (secondary N) is 1. The lowest BCUT2D eigenvalue weighted by atomic mass is 10.2. The number of aromatic nitrogens is 4. The summed E-state index contributed by atoms with van der Waals surface area (Å²) in [5, 5.41) is 12.8. The van der Waals surface area contributed by atoms with Gasteiger partial charge in [0, 0.05) is 19.5 Å². The van der Waals surface area contributed by atoms with E-state index in [2.05, 4.69) is 15.5 Å². The molecule has 4 aromatic rings. The smallest absolute Gasteiger partial charge is 0.295 e. The van der Waals surface area contributed by atoms with Crippen LogP contribution < -0.4 is 15.6 Å². The SMILES string of the molecule is CCOc1ccc(CNC(=O)CCCn2nc(C)c3c(C)n(-c4ccccc4)nc3c2=O)cc1. The largest absolute Gasteiger partial charge is 0.494 e. The molecule has 0 unspecified atom stereocenters. The van der Waals surface area contributed by atoms with Crippen molar-refractivity contribution in [1.82, 2.24) is 24.9 Å². The maximum Gasteiger partial charge on any atom is 0.295 e. The lowest BCUT2D eigenvalue weighted by molar-refractivity contribution is -0.121. The van der Waals surface area contributed by atoms with Gasteiger partial charge in [-0.1, -0.05) is 30.3 Å². The van der Waals surface area contributed by atoms with Gasteiger partial charge in [-0.25, -0.2) is 9.36 Å². The third-order valence-electron chi connectivity index (χ3n) is 5.68. The molecule has 0 aliphatic rings. The van der Waals surface area contributed by atoms with Crippen LogP contribution in [-0.2, 0) is 17.9 Å². The van der Waals surface area contributed by atoms with Gasteiger partial charge in [-0.3, -0.25) is 9.59 Å². The molecule has 0 saturated carbocycles. The van der Waals surface area contributed by atoms with Crippen LogP contribution in [0, 0.1) is 13.8 Å². The Balaban J connectivity index is 1.39. The molecule has 0 aliphatic heterocycles. The van der Waals surface area contributed by atoms with Crippen LogP contribution in [0.5, 0.6) is 5.75 Å². The molecule has 1 N–H and O–H groups in total. The van der Waals surface area contributed by atoms with Crippen molar-refractivity contribution in [1.29, 1.82) is 0 Å². The number of hydrogen-bond acceptors (Lipinski definition) is 5. The van der Waals surface area contributed by atoms with E-state index in [4.69, 9.17) is 4.74 Å². The molecule has 0 radical (unpaired) electrons. The summed E-state index contributed by atoms with van der Waals surface area (Å²) in [7, 11) is 0. The highest BCUT2D eigenvalue weighted by Crippen LogP contribution is 2.21. The Morgan fingerprint density at radius 3 is 2.47 bits per heavy atom. The number of benzene rings is 2. The van der Waals surface area contributed by atoms with Gasteiger partial charge in [-0.05, 0) is 57.0 Å². The molecule has 8 nitrogen and oxygen atoms in total. The van der Waals surface area contributed by atoms with Crippen molar-refractivity contribution in [2.75, 3.05) is 6.61 Å². The predicted molar refractivity (Wildman–Crippen MR) is 131 cm³/mol. The van der Waals surface area contributed by atoms with E-state index in [0.717, 1.165) is 33.8 Å². The Kier molecular flexibility index (Phi) is 7.06. The number of carbonyl (C=O) groups is 1. The van der Waals surface area contributed by atoms with Crippen LogP contribution in [0.3, 0.4) is 0 Å². The van der Waals surface area contributed by atoms with Gasteiger partial charge in [-0.15, -0.1) is 0 Å². The molecule has 0 saturated heterocycles. The first kappa shape index (κ1) is 23.2. The number of amides is 1. The maximum atomic E-state index is 13.1. The monoisotopic (exact) mass is 459 g/mol. The number of carbonyl (C=O) groups excluding carboxylic acids is 1. The van der Waals surface area contributed by atoms with E-state index >= 15 is 0 Å². The van der Waals surface area contributed by atoms with Gasteiger partial charge in [0.2, 0.25) is 5.91 Å². The van der Waals surface area contributed by atoms with Gasteiger partial charge in [-0.2, -0.15) is 10.2 Å².